The molecule has 0 saturated carbocycles. The number of carbonyl (C=O) groups excluding carboxylic acids is 2. The summed E-state index contributed by atoms with van der Waals surface area (Å²) in [6.45, 7) is 4.45. The van der Waals surface area contributed by atoms with Gasteiger partial charge in [0, 0.05) is 31.9 Å². The van der Waals surface area contributed by atoms with Gasteiger partial charge in [-0.25, -0.2) is 9.78 Å². The van der Waals surface area contributed by atoms with E-state index in [-0.39, 0.29) is 11.9 Å². The first-order valence-electron chi connectivity index (χ1n) is 9.62. The number of aromatic nitrogens is 1. The van der Waals surface area contributed by atoms with Crippen LogP contribution in [-0.4, -0.2) is 54.0 Å². The molecule has 1 aliphatic rings. The Morgan fingerprint density at radius 1 is 1.00 bits per heavy atom. The maximum atomic E-state index is 12.6. The lowest BCUT2D eigenvalue weighted by Gasteiger charge is -2.36. The second-order valence-corrected chi connectivity index (χ2v) is 7.99. The summed E-state index contributed by atoms with van der Waals surface area (Å²) in [6.07, 6.45) is 0. The van der Waals surface area contributed by atoms with Gasteiger partial charge < -0.3 is 20.4 Å². The van der Waals surface area contributed by atoms with Crippen molar-refractivity contribution in [1.82, 2.24) is 15.2 Å². The number of nitrogens with zero attached hydrogens (tertiary/aromatic N) is 3. The second kappa shape index (κ2) is 8.48. The van der Waals surface area contributed by atoms with E-state index < -0.39 is 6.04 Å². The molecule has 1 atom stereocenters. The number of urea groups is 1. The van der Waals surface area contributed by atoms with Gasteiger partial charge in [-0.05, 0) is 31.2 Å². The maximum absolute atomic E-state index is 12.6. The Bertz CT molecular complexity index is 965. The zero-order valence-electron chi connectivity index (χ0n) is 16.2. The number of hydrogen-bond acceptors (Lipinski definition) is 5. The second-order valence-electron chi connectivity index (χ2n) is 6.96. The normalized spacial score (nSPS) is 15.2. The number of rotatable bonds is 4. The number of para-hydroxylation sites is 2. The van der Waals surface area contributed by atoms with Gasteiger partial charge in [-0.15, -0.1) is 0 Å². The van der Waals surface area contributed by atoms with Crippen molar-refractivity contribution >= 4 is 44.3 Å². The average Bonchev–Trinajstić information content (AvgIpc) is 3.16. The SMILES string of the molecule is CC(NC(=O)N1CCN(c2ccccc2)CC1)C(=O)Nc1nc2ccccc2s1. The highest BCUT2D eigenvalue weighted by Crippen LogP contribution is 2.25. The molecule has 1 fully saturated rings. The number of thiazole rings is 1. The van der Waals surface area contributed by atoms with E-state index in [0.717, 1.165) is 29.0 Å². The first-order chi connectivity index (χ1) is 14.1. The topological polar surface area (TPSA) is 77.6 Å². The van der Waals surface area contributed by atoms with Crippen molar-refractivity contribution in [3.8, 4) is 0 Å². The highest BCUT2D eigenvalue weighted by atomic mass is 32.1. The fourth-order valence-corrected chi connectivity index (χ4v) is 4.16. The lowest BCUT2D eigenvalue weighted by molar-refractivity contribution is -0.117. The molecule has 3 aromatic rings. The van der Waals surface area contributed by atoms with Crippen molar-refractivity contribution in [3.63, 3.8) is 0 Å². The van der Waals surface area contributed by atoms with E-state index in [1.807, 2.05) is 42.5 Å². The Morgan fingerprint density at radius 2 is 1.69 bits per heavy atom. The van der Waals surface area contributed by atoms with Crippen LogP contribution in [0.15, 0.2) is 54.6 Å². The van der Waals surface area contributed by atoms with Gasteiger partial charge >= 0.3 is 6.03 Å². The van der Waals surface area contributed by atoms with Crippen LogP contribution >= 0.6 is 11.3 Å². The van der Waals surface area contributed by atoms with Crippen LogP contribution in [0.4, 0.5) is 15.6 Å². The molecular weight excluding hydrogens is 386 g/mol. The molecule has 1 aliphatic heterocycles. The molecule has 29 heavy (non-hydrogen) atoms. The van der Waals surface area contributed by atoms with E-state index in [1.165, 1.54) is 11.3 Å². The molecule has 1 saturated heterocycles. The molecule has 2 N–H and O–H groups in total. The van der Waals surface area contributed by atoms with Gasteiger partial charge in [-0.2, -0.15) is 0 Å². The monoisotopic (exact) mass is 409 g/mol. The molecule has 2 aromatic carbocycles. The molecule has 7 nitrogen and oxygen atoms in total. The van der Waals surface area contributed by atoms with Crippen molar-refractivity contribution < 1.29 is 9.59 Å². The number of nitrogens with one attached hydrogen (secondary N) is 2. The molecule has 4 rings (SSSR count). The molecule has 1 unspecified atom stereocenters. The Kier molecular flexibility index (Phi) is 5.62. The third-order valence-electron chi connectivity index (χ3n) is 4.95. The van der Waals surface area contributed by atoms with E-state index in [0.29, 0.717) is 18.2 Å². The zero-order chi connectivity index (χ0) is 20.2. The van der Waals surface area contributed by atoms with Crippen LogP contribution in [0.1, 0.15) is 6.92 Å². The van der Waals surface area contributed by atoms with Crippen LogP contribution in [-0.2, 0) is 4.79 Å². The first-order valence-corrected chi connectivity index (χ1v) is 10.4. The summed E-state index contributed by atoms with van der Waals surface area (Å²) >= 11 is 1.42. The van der Waals surface area contributed by atoms with Gasteiger partial charge in [-0.3, -0.25) is 4.79 Å². The Hall–Kier alpha value is -3.13. The molecule has 0 aliphatic carbocycles. The van der Waals surface area contributed by atoms with Crippen molar-refractivity contribution in [3.05, 3.63) is 54.6 Å². The quantitative estimate of drug-likeness (QED) is 0.694. The minimum Gasteiger partial charge on any atom is -0.368 e. The van der Waals surface area contributed by atoms with Crippen LogP contribution in [0, 0.1) is 0 Å². The number of anilines is 2. The van der Waals surface area contributed by atoms with E-state index in [2.05, 4.69) is 32.7 Å². The van der Waals surface area contributed by atoms with Crippen molar-refractivity contribution in [2.75, 3.05) is 36.4 Å². The third-order valence-corrected chi connectivity index (χ3v) is 5.90. The summed E-state index contributed by atoms with van der Waals surface area (Å²) in [6, 6.07) is 17.0. The molecule has 8 heteroatoms. The van der Waals surface area contributed by atoms with Gasteiger partial charge in [-0.1, -0.05) is 41.7 Å². The van der Waals surface area contributed by atoms with Crippen LogP contribution in [0.2, 0.25) is 0 Å². The Balaban J connectivity index is 1.28. The van der Waals surface area contributed by atoms with E-state index in [9.17, 15) is 9.59 Å². The zero-order valence-corrected chi connectivity index (χ0v) is 17.0. The van der Waals surface area contributed by atoms with Crippen LogP contribution in [0.25, 0.3) is 10.2 Å². The predicted octanol–water partition coefficient (Wildman–Crippen LogP) is 3.16. The number of hydrogen-bond donors (Lipinski definition) is 2. The maximum Gasteiger partial charge on any atom is 0.318 e. The van der Waals surface area contributed by atoms with Gasteiger partial charge in [0.15, 0.2) is 5.13 Å². The Labute approximate surface area is 173 Å². The van der Waals surface area contributed by atoms with Gasteiger partial charge in [0.25, 0.3) is 0 Å². The largest absolute Gasteiger partial charge is 0.368 e. The van der Waals surface area contributed by atoms with Crippen molar-refractivity contribution in [2.24, 2.45) is 0 Å². The summed E-state index contributed by atoms with van der Waals surface area (Å²) in [5, 5.41) is 6.12. The molecule has 1 aromatic heterocycles. The number of carbonyl (C=O) groups is 2. The number of benzene rings is 2. The summed E-state index contributed by atoms with van der Waals surface area (Å²) in [4.78, 5) is 33.4. The first kappa shape index (κ1) is 19.2. The fourth-order valence-electron chi connectivity index (χ4n) is 3.29. The number of fused-ring (bicyclic) bond motifs is 1. The fraction of sp³-hybridized carbons (Fsp3) is 0.286. The van der Waals surface area contributed by atoms with Gasteiger partial charge in [0.1, 0.15) is 6.04 Å². The molecule has 2 heterocycles. The minimum atomic E-state index is -0.651. The van der Waals surface area contributed by atoms with Crippen LogP contribution < -0.4 is 15.5 Å². The number of amides is 3. The molecule has 0 spiro atoms. The molecule has 150 valence electrons. The molecule has 3 amide bonds. The van der Waals surface area contributed by atoms with E-state index >= 15 is 0 Å². The lowest BCUT2D eigenvalue weighted by Crippen LogP contribution is -2.54. The molecule has 0 bridgehead atoms. The highest BCUT2D eigenvalue weighted by molar-refractivity contribution is 7.22. The average molecular weight is 410 g/mol. The third kappa shape index (κ3) is 4.48. The molecule has 0 radical (unpaired) electrons. The van der Waals surface area contributed by atoms with Gasteiger partial charge in [0.2, 0.25) is 5.91 Å². The Morgan fingerprint density at radius 3 is 2.41 bits per heavy atom. The van der Waals surface area contributed by atoms with Crippen molar-refractivity contribution in [2.45, 2.75) is 13.0 Å². The summed E-state index contributed by atoms with van der Waals surface area (Å²) in [7, 11) is 0. The minimum absolute atomic E-state index is 0.218. The summed E-state index contributed by atoms with van der Waals surface area (Å²) in [5.74, 6) is -0.277. The standard InChI is InChI=1S/C21H23N5O2S/c1-15(19(27)24-20-23-17-9-5-6-10-18(17)29-20)22-21(28)26-13-11-25(12-14-26)16-7-3-2-4-8-16/h2-10,15H,11-14H2,1H3,(H,22,28)(H,23,24,27). The molecular formula is C21H23N5O2S. The lowest BCUT2D eigenvalue weighted by atomic mass is 10.2. The van der Waals surface area contributed by atoms with Crippen molar-refractivity contribution in [1.29, 1.82) is 0 Å². The predicted molar refractivity (Wildman–Crippen MR) is 116 cm³/mol. The van der Waals surface area contributed by atoms with E-state index in [4.69, 9.17) is 0 Å². The summed E-state index contributed by atoms with van der Waals surface area (Å²) in [5.41, 5.74) is 2.01. The van der Waals surface area contributed by atoms with Crippen LogP contribution in [0.3, 0.4) is 0 Å². The van der Waals surface area contributed by atoms with Crippen LogP contribution in [0.5, 0.6) is 0 Å². The van der Waals surface area contributed by atoms with E-state index in [1.54, 1.807) is 11.8 Å². The van der Waals surface area contributed by atoms with Gasteiger partial charge in [0.05, 0.1) is 10.2 Å². The number of piperazine rings is 1. The summed E-state index contributed by atoms with van der Waals surface area (Å²) < 4.78 is 1.01. The highest BCUT2D eigenvalue weighted by Gasteiger charge is 2.24. The smallest absolute Gasteiger partial charge is 0.318 e.